The topological polar surface area (TPSA) is 102 Å². The van der Waals surface area contributed by atoms with Crippen LogP contribution in [-0.2, 0) is 23.2 Å². The van der Waals surface area contributed by atoms with E-state index in [1.165, 1.54) is 0 Å². The highest BCUT2D eigenvalue weighted by molar-refractivity contribution is 7.47. The molecule has 0 aliphatic carbocycles. The SMILES string of the molecule is COP(=O)(O)OCNC(=O)CC=O. The van der Waals surface area contributed by atoms with Crippen molar-refractivity contribution in [1.29, 1.82) is 0 Å². The predicted octanol–water partition coefficient (Wildman–Crippen LogP) is -0.588. The average Bonchev–Trinajstić information content (AvgIpc) is 2.05. The molecule has 0 saturated carbocycles. The van der Waals surface area contributed by atoms with Crippen LogP contribution in [0.4, 0.5) is 0 Å². The van der Waals surface area contributed by atoms with Gasteiger partial charge in [-0.15, -0.1) is 0 Å². The van der Waals surface area contributed by atoms with Gasteiger partial charge in [0.1, 0.15) is 13.0 Å². The van der Waals surface area contributed by atoms with Crippen LogP contribution in [0.5, 0.6) is 0 Å². The third kappa shape index (κ3) is 6.41. The van der Waals surface area contributed by atoms with Crippen LogP contribution in [0.1, 0.15) is 6.42 Å². The maximum absolute atomic E-state index is 10.6. The first-order chi connectivity index (χ1) is 6.02. The Balaban J connectivity index is 3.62. The first-order valence-corrected chi connectivity index (χ1v) is 4.75. The molecule has 1 atom stereocenters. The summed E-state index contributed by atoms with van der Waals surface area (Å²) in [7, 11) is -3.06. The zero-order chi connectivity index (χ0) is 10.3. The van der Waals surface area contributed by atoms with Gasteiger partial charge in [-0.1, -0.05) is 0 Å². The lowest BCUT2D eigenvalue weighted by Crippen LogP contribution is -2.25. The zero-order valence-corrected chi connectivity index (χ0v) is 7.82. The predicted molar refractivity (Wildman–Crippen MR) is 41.6 cm³/mol. The summed E-state index contributed by atoms with van der Waals surface area (Å²) in [6.45, 7) is -0.478. The first kappa shape index (κ1) is 12.2. The largest absolute Gasteiger partial charge is 0.473 e. The summed E-state index contributed by atoms with van der Waals surface area (Å²) in [5, 5.41) is 2.07. The first-order valence-electron chi connectivity index (χ1n) is 3.25. The normalized spacial score (nSPS) is 14.6. The van der Waals surface area contributed by atoms with Crippen LogP contribution in [0.25, 0.3) is 0 Å². The minimum absolute atomic E-state index is 0.313. The quantitative estimate of drug-likeness (QED) is 0.263. The van der Waals surface area contributed by atoms with E-state index in [0.29, 0.717) is 6.29 Å². The number of nitrogens with one attached hydrogen (secondary N) is 1. The molecule has 2 N–H and O–H groups in total. The third-order valence-corrected chi connectivity index (χ3v) is 1.91. The lowest BCUT2D eigenvalue weighted by Gasteiger charge is -2.08. The molecule has 13 heavy (non-hydrogen) atoms. The van der Waals surface area contributed by atoms with Gasteiger partial charge in [0, 0.05) is 7.11 Å². The fourth-order valence-corrected chi connectivity index (χ4v) is 0.728. The molecule has 0 fully saturated rings. The van der Waals surface area contributed by atoms with E-state index in [1.54, 1.807) is 0 Å². The molecule has 76 valence electrons. The molecule has 0 aromatic heterocycles. The second-order valence-electron chi connectivity index (χ2n) is 1.90. The molecule has 7 nitrogen and oxygen atoms in total. The van der Waals surface area contributed by atoms with Crippen LogP contribution in [0.3, 0.4) is 0 Å². The standard InChI is InChI=1S/C5H10NO6P/c1-11-13(9,10)12-4-6-5(8)2-3-7/h3H,2,4H2,1H3,(H,6,8)(H,9,10). The van der Waals surface area contributed by atoms with Gasteiger partial charge in [0.05, 0.1) is 6.42 Å². The molecule has 0 aliphatic heterocycles. The summed E-state index contributed by atoms with van der Waals surface area (Å²) < 4.78 is 18.9. The molecule has 0 aromatic rings. The van der Waals surface area contributed by atoms with Crippen molar-refractivity contribution in [3.8, 4) is 0 Å². The molecule has 0 spiro atoms. The van der Waals surface area contributed by atoms with Gasteiger partial charge in [0.2, 0.25) is 5.91 Å². The highest BCUT2D eigenvalue weighted by atomic mass is 31.2. The lowest BCUT2D eigenvalue weighted by molar-refractivity contribution is -0.124. The number of phosphoric ester groups is 1. The van der Waals surface area contributed by atoms with Crippen LogP contribution < -0.4 is 5.32 Å². The van der Waals surface area contributed by atoms with Gasteiger partial charge in [-0.25, -0.2) is 4.57 Å². The number of aldehydes is 1. The molecule has 0 aromatic carbocycles. The summed E-state index contributed by atoms with van der Waals surface area (Å²) in [5.41, 5.74) is 0. The van der Waals surface area contributed by atoms with E-state index in [0.717, 1.165) is 7.11 Å². The molecular formula is C5H10NO6P. The lowest BCUT2D eigenvalue weighted by atomic mass is 10.4. The maximum atomic E-state index is 10.6. The van der Waals surface area contributed by atoms with E-state index >= 15 is 0 Å². The number of rotatable bonds is 6. The molecule has 0 radical (unpaired) electrons. The molecule has 0 rings (SSSR count). The summed E-state index contributed by atoms with van der Waals surface area (Å²) in [6, 6.07) is 0. The Morgan fingerprint density at radius 2 is 2.31 bits per heavy atom. The maximum Gasteiger partial charge on any atom is 0.473 e. The molecular weight excluding hydrogens is 201 g/mol. The Morgan fingerprint density at radius 1 is 1.69 bits per heavy atom. The summed E-state index contributed by atoms with van der Waals surface area (Å²) in [4.78, 5) is 29.0. The molecule has 0 saturated heterocycles. The third-order valence-electron chi connectivity index (χ3n) is 0.996. The van der Waals surface area contributed by atoms with Gasteiger partial charge < -0.3 is 15.0 Å². The molecule has 0 heterocycles. The van der Waals surface area contributed by atoms with Gasteiger partial charge in [-0.05, 0) is 0 Å². The summed E-state index contributed by atoms with van der Waals surface area (Å²) in [6.07, 6.45) is 0.0935. The molecule has 1 amide bonds. The second-order valence-corrected chi connectivity index (χ2v) is 3.46. The Morgan fingerprint density at radius 3 is 2.77 bits per heavy atom. The Kier molecular flexibility index (Phi) is 5.48. The summed E-state index contributed by atoms with van der Waals surface area (Å²) in [5.74, 6) is -0.592. The Bertz CT molecular complexity index is 229. The van der Waals surface area contributed by atoms with Crippen molar-refractivity contribution in [2.75, 3.05) is 13.8 Å². The number of carbonyl (C=O) groups excluding carboxylic acids is 2. The second kappa shape index (κ2) is 5.82. The number of amides is 1. The van der Waals surface area contributed by atoms with Crippen LogP contribution in [0.2, 0.25) is 0 Å². The van der Waals surface area contributed by atoms with E-state index in [9.17, 15) is 14.2 Å². The van der Waals surface area contributed by atoms with E-state index < -0.39 is 20.5 Å². The number of hydrogen-bond acceptors (Lipinski definition) is 5. The van der Waals surface area contributed by atoms with Crippen molar-refractivity contribution in [2.45, 2.75) is 6.42 Å². The van der Waals surface area contributed by atoms with Gasteiger partial charge in [0.25, 0.3) is 0 Å². The average molecular weight is 211 g/mol. The summed E-state index contributed by atoms with van der Waals surface area (Å²) >= 11 is 0. The fourth-order valence-electron chi connectivity index (χ4n) is 0.395. The molecule has 1 unspecified atom stereocenters. The van der Waals surface area contributed by atoms with Crippen LogP contribution in [0, 0.1) is 0 Å². The van der Waals surface area contributed by atoms with Crippen molar-refractivity contribution in [3.63, 3.8) is 0 Å². The highest BCUT2D eigenvalue weighted by Crippen LogP contribution is 2.41. The van der Waals surface area contributed by atoms with E-state index in [2.05, 4.69) is 14.4 Å². The number of carbonyl (C=O) groups is 2. The molecule has 0 bridgehead atoms. The van der Waals surface area contributed by atoms with E-state index in [1.807, 2.05) is 0 Å². The minimum atomic E-state index is -4.05. The van der Waals surface area contributed by atoms with Crippen LogP contribution in [0.15, 0.2) is 0 Å². The van der Waals surface area contributed by atoms with Gasteiger partial charge in [-0.3, -0.25) is 13.8 Å². The van der Waals surface area contributed by atoms with Crippen molar-refractivity contribution in [1.82, 2.24) is 5.32 Å². The van der Waals surface area contributed by atoms with Crippen molar-refractivity contribution in [3.05, 3.63) is 0 Å². The Labute approximate surface area is 74.6 Å². The zero-order valence-electron chi connectivity index (χ0n) is 6.93. The molecule has 0 aliphatic rings. The smallest absolute Gasteiger partial charge is 0.332 e. The fraction of sp³-hybridized carbons (Fsp3) is 0.600. The monoisotopic (exact) mass is 211 g/mol. The highest BCUT2D eigenvalue weighted by Gasteiger charge is 2.17. The molecule has 8 heteroatoms. The van der Waals surface area contributed by atoms with Gasteiger partial charge in [-0.2, -0.15) is 0 Å². The minimum Gasteiger partial charge on any atom is -0.332 e. The van der Waals surface area contributed by atoms with Crippen LogP contribution >= 0.6 is 7.82 Å². The van der Waals surface area contributed by atoms with E-state index in [-0.39, 0.29) is 6.42 Å². The number of hydrogen-bond donors (Lipinski definition) is 2. The van der Waals surface area contributed by atoms with Crippen LogP contribution in [-0.4, -0.2) is 30.9 Å². The Hall–Kier alpha value is -0.750. The van der Waals surface area contributed by atoms with Crippen molar-refractivity contribution >= 4 is 20.0 Å². The number of phosphoric acid groups is 1. The van der Waals surface area contributed by atoms with Gasteiger partial charge in [0.15, 0.2) is 0 Å². The van der Waals surface area contributed by atoms with E-state index in [4.69, 9.17) is 4.89 Å². The van der Waals surface area contributed by atoms with Crippen molar-refractivity contribution in [2.24, 2.45) is 0 Å². The van der Waals surface area contributed by atoms with Gasteiger partial charge >= 0.3 is 7.82 Å². The van der Waals surface area contributed by atoms with Crippen molar-refractivity contribution < 1.29 is 28.1 Å².